The minimum absolute atomic E-state index is 0.800. The summed E-state index contributed by atoms with van der Waals surface area (Å²) in [5, 5.41) is 2.35. The van der Waals surface area contributed by atoms with Gasteiger partial charge < -0.3 is 0 Å². The molecule has 0 aliphatic heterocycles. The summed E-state index contributed by atoms with van der Waals surface area (Å²) in [6, 6.07) is 72.7. The van der Waals surface area contributed by atoms with Crippen LogP contribution in [0.1, 0.15) is 0 Å². The number of hydrogen-bond acceptors (Lipinski definition) is 5. The van der Waals surface area contributed by atoms with Crippen LogP contribution in [-0.2, 0) is 0 Å². The van der Waals surface area contributed by atoms with Crippen LogP contribution >= 0.6 is 11.3 Å². The van der Waals surface area contributed by atoms with Crippen molar-refractivity contribution in [1.82, 2.24) is 19.9 Å². The number of hydrogen-bond donors (Lipinski definition) is 0. The first-order valence-electron chi connectivity index (χ1n) is 20.4. The zero-order valence-corrected chi connectivity index (χ0v) is 33.8. The molecule has 0 aliphatic rings. The second kappa shape index (κ2) is 15.7. The number of fused-ring (bicyclic) bond motifs is 3. The van der Waals surface area contributed by atoms with Gasteiger partial charge in [0.25, 0.3) is 0 Å². The Hall–Kier alpha value is -7.86. The van der Waals surface area contributed by atoms with E-state index < -0.39 is 0 Å². The van der Waals surface area contributed by atoms with E-state index in [2.05, 4.69) is 180 Å². The highest BCUT2D eigenvalue weighted by atomic mass is 32.1. The summed E-state index contributed by atoms with van der Waals surface area (Å²) in [5.41, 5.74) is 16.6. The van der Waals surface area contributed by atoms with Crippen molar-refractivity contribution in [3.05, 3.63) is 219 Å². The highest BCUT2D eigenvalue weighted by Crippen LogP contribution is 2.51. The molecule has 0 radical (unpaired) electrons. The van der Waals surface area contributed by atoms with Crippen LogP contribution in [-0.4, -0.2) is 19.9 Å². The molecule has 0 amide bonds. The lowest BCUT2D eigenvalue weighted by Crippen LogP contribution is -1.94. The predicted molar refractivity (Wildman–Crippen MR) is 254 cm³/mol. The van der Waals surface area contributed by atoms with Crippen molar-refractivity contribution >= 4 is 32.3 Å². The fraction of sp³-hybridized carbons (Fsp3) is 0. The van der Waals surface area contributed by atoms with Crippen molar-refractivity contribution in [2.75, 3.05) is 0 Å². The molecule has 5 heterocycles. The van der Waals surface area contributed by atoms with Crippen molar-refractivity contribution in [2.24, 2.45) is 0 Å². The van der Waals surface area contributed by atoms with E-state index in [0.717, 1.165) is 67.2 Å². The van der Waals surface area contributed by atoms with Crippen molar-refractivity contribution in [1.29, 1.82) is 0 Å². The summed E-state index contributed by atoms with van der Waals surface area (Å²) in [6.45, 7) is 0. The molecule has 0 aliphatic carbocycles. The molecule has 286 valence electrons. The normalized spacial score (nSPS) is 11.3. The van der Waals surface area contributed by atoms with E-state index >= 15 is 0 Å². The molecule has 6 aromatic carbocycles. The van der Waals surface area contributed by atoms with E-state index in [1.54, 1.807) is 0 Å². The molecular weight excluding hydrogens is 761 g/mol. The lowest BCUT2D eigenvalue weighted by molar-refractivity contribution is 1.22. The maximum atomic E-state index is 5.36. The van der Waals surface area contributed by atoms with E-state index in [4.69, 9.17) is 9.97 Å². The van der Waals surface area contributed by atoms with Crippen molar-refractivity contribution in [3.8, 4) is 89.0 Å². The van der Waals surface area contributed by atoms with Gasteiger partial charge in [-0.1, -0.05) is 146 Å². The summed E-state index contributed by atoms with van der Waals surface area (Å²) in [4.78, 5) is 20.9. The number of thiophene rings is 1. The summed E-state index contributed by atoms with van der Waals surface area (Å²) in [7, 11) is 0. The van der Waals surface area contributed by atoms with Gasteiger partial charge in [-0.05, 0) is 105 Å². The van der Waals surface area contributed by atoms with Crippen LogP contribution in [0.25, 0.3) is 110 Å². The smallest absolute Gasteiger partial charge is 0.0900 e. The fourth-order valence-corrected chi connectivity index (χ4v) is 9.59. The minimum atomic E-state index is 0.800. The molecule has 0 saturated heterocycles. The predicted octanol–water partition coefficient (Wildman–Crippen LogP) is 15.0. The summed E-state index contributed by atoms with van der Waals surface area (Å²) in [6.07, 6.45) is 3.62. The Kier molecular flexibility index (Phi) is 9.34. The van der Waals surface area contributed by atoms with Gasteiger partial charge in [0.2, 0.25) is 0 Å². The first-order chi connectivity index (χ1) is 30.2. The Bertz CT molecular complexity index is 3200. The van der Waals surface area contributed by atoms with Crippen LogP contribution in [0.4, 0.5) is 0 Å². The van der Waals surface area contributed by atoms with Gasteiger partial charge in [-0.15, -0.1) is 11.3 Å². The zero-order valence-electron chi connectivity index (χ0n) is 33.0. The van der Waals surface area contributed by atoms with Crippen molar-refractivity contribution in [3.63, 3.8) is 0 Å². The third-order valence-corrected chi connectivity index (χ3v) is 12.4. The second-order valence-corrected chi connectivity index (χ2v) is 16.0. The highest BCUT2D eigenvalue weighted by Gasteiger charge is 2.23. The minimum Gasteiger partial charge on any atom is -0.255 e. The number of rotatable bonds is 8. The molecule has 0 saturated carbocycles. The van der Waals surface area contributed by atoms with E-state index in [-0.39, 0.29) is 0 Å². The fourth-order valence-electron chi connectivity index (χ4n) is 8.25. The van der Waals surface area contributed by atoms with E-state index in [1.165, 1.54) is 42.8 Å². The maximum Gasteiger partial charge on any atom is 0.0900 e. The van der Waals surface area contributed by atoms with Crippen LogP contribution in [0.15, 0.2) is 219 Å². The maximum absolute atomic E-state index is 5.36. The highest BCUT2D eigenvalue weighted by molar-refractivity contribution is 7.23. The molecule has 5 aromatic heterocycles. The van der Waals surface area contributed by atoms with Crippen LogP contribution in [0.3, 0.4) is 0 Å². The average molecular weight is 797 g/mol. The molecule has 0 spiro atoms. The number of aromatic nitrogens is 4. The number of benzene rings is 6. The molecule has 4 nitrogen and oxygen atoms in total. The number of nitrogens with zero attached hydrogens (tertiary/aromatic N) is 4. The second-order valence-electron chi connectivity index (χ2n) is 15.0. The molecule has 11 rings (SSSR count). The molecule has 0 N–H and O–H groups in total. The third-order valence-electron chi connectivity index (χ3n) is 11.2. The van der Waals surface area contributed by atoms with Gasteiger partial charge in [-0.2, -0.15) is 0 Å². The topological polar surface area (TPSA) is 51.6 Å². The third kappa shape index (κ3) is 6.97. The van der Waals surface area contributed by atoms with Gasteiger partial charge in [0.15, 0.2) is 0 Å². The van der Waals surface area contributed by atoms with Gasteiger partial charge in [0.1, 0.15) is 0 Å². The molecule has 0 unspecified atom stereocenters. The molecular formula is C56H36N4S. The van der Waals surface area contributed by atoms with Crippen molar-refractivity contribution < 1.29 is 0 Å². The zero-order chi connectivity index (χ0) is 40.5. The summed E-state index contributed by atoms with van der Waals surface area (Å²) < 4.78 is 1.17. The van der Waals surface area contributed by atoms with Gasteiger partial charge in [0, 0.05) is 39.2 Å². The van der Waals surface area contributed by atoms with Gasteiger partial charge in [-0.3, -0.25) is 9.97 Å². The molecule has 0 atom stereocenters. The monoisotopic (exact) mass is 796 g/mol. The summed E-state index contributed by atoms with van der Waals surface area (Å²) >= 11 is 1.83. The Labute approximate surface area is 358 Å². The Balaban J connectivity index is 1.16. The van der Waals surface area contributed by atoms with E-state index in [0.29, 0.717) is 0 Å². The molecule has 0 fully saturated rings. The Morgan fingerprint density at radius 3 is 1.38 bits per heavy atom. The average Bonchev–Trinajstić information content (AvgIpc) is 3.76. The van der Waals surface area contributed by atoms with Crippen molar-refractivity contribution in [2.45, 2.75) is 0 Å². The van der Waals surface area contributed by atoms with Gasteiger partial charge >= 0.3 is 0 Å². The van der Waals surface area contributed by atoms with Crippen LogP contribution in [0.5, 0.6) is 0 Å². The quantitative estimate of drug-likeness (QED) is 0.154. The SMILES string of the molecule is c1ccc(-c2cc(-c3ccccc3)cc(-c3sc4c(-c5ccccc5)nc5ccccc5c4c3-c3ccc(-c4cc(-c5ccccn5)nc(-c5ccccn5)c4)cc3)c2)cc1. The lowest BCUT2D eigenvalue weighted by Gasteiger charge is -2.13. The van der Waals surface area contributed by atoms with E-state index in [1.807, 2.05) is 60.1 Å². The molecule has 5 heteroatoms. The van der Waals surface area contributed by atoms with E-state index in [9.17, 15) is 0 Å². The first-order valence-corrected chi connectivity index (χ1v) is 21.2. The van der Waals surface area contributed by atoms with Crippen LogP contribution in [0.2, 0.25) is 0 Å². The lowest BCUT2D eigenvalue weighted by atomic mass is 9.91. The summed E-state index contributed by atoms with van der Waals surface area (Å²) in [5.74, 6) is 0. The Morgan fingerprint density at radius 1 is 0.328 bits per heavy atom. The standard InChI is InChI=1S/C56H36N4S/c1-4-16-37(17-5-1)42-32-43(38-18-6-2-7-19-38)34-45(33-42)55-52(53-46-22-10-11-23-47(46)60-54(56(53)61-55)41-20-8-3-9-21-41)40-28-26-39(27-29-40)44-35-50(48-24-12-14-30-57-48)59-51(36-44)49-25-13-15-31-58-49/h1-36H. The first kappa shape index (κ1) is 36.2. The van der Waals surface area contributed by atoms with Gasteiger partial charge in [0.05, 0.1) is 38.7 Å². The van der Waals surface area contributed by atoms with Crippen LogP contribution < -0.4 is 0 Å². The number of pyridine rings is 4. The Morgan fingerprint density at radius 2 is 0.803 bits per heavy atom. The van der Waals surface area contributed by atoms with Gasteiger partial charge in [-0.25, -0.2) is 9.97 Å². The molecule has 11 aromatic rings. The molecule has 0 bridgehead atoms. The number of para-hydroxylation sites is 1. The largest absolute Gasteiger partial charge is 0.255 e. The molecule has 61 heavy (non-hydrogen) atoms. The van der Waals surface area contributed by atoms with Crippen LogP contribution in [0, 0.1) is 0 Å².